The van der Waals surface area contributed by atoms with Crippen molar-refractivity contribution in [3.05, 3.63) is 58.2 Å². The van der Waals surface area contributed by atoms with Crippen molar-refractivity contribution in [3.63, 3.8) is 0 Å². The number of allylic oxidation sites excluding steroid dienone is 8. The Morgan fingerprint density at radius 2 is 1.68 bits per heavy atom. The van der Waals surface area contributed by atoms with E-state index in [9.17, 15) is 4.79 Å². The fourth-order valence-corrected chi connectivity index (χ4v) is 4.37. The molecule has 38 heavy (non-hydrogen) atoms. The Labute approximate surface area is 235 Å². The SMILES string of the molecule is C/C=C(C=NC)/C(=C(\C=C/CC)C(/C)=C/CC)C(=C\C)/C(=O)OCCC.CC#N.CCCCC1CCCC1. The van der Waals surface area contributed by atoms with Gasteiger partial charge >= 0.3 is 5.97 Å². The first kappa shape index (κ1) is 37.5. The van der Waals surface area contributed by atoms with Crippen LogP contribution in [0.5, 0.6) is 0 Å². The van der Waals surface area contributed by atoms with Gasteiger partial charge < -0.3 is 4.74 Å². The van der Waals surface area contributed by atoms with Crippen molar-refractivity contribution < 1.29 is 9.53 Å². The Morgan fingerprint density at radius 1 is 1.05 bits per heavy atom. The molecular weight excluding hydrogens is 468 g/mol. The van der Waals surface area contributed by atoms with Gasteiger partial charge in [0, 0.05) is 25.8 Å². The van der Waals surface area contributed by atoms with E-state index >= 15 is 0 Å². The van der Waals surface area contributed by atoms with Crippen LogP contribution in [0.15, 0.2) is 63.2 Å². The van der Waals surface area contributed by atoms with E-state index in [1.165, 1.54) is 51.9 Å². The van der Waals surface area contributed by atoms with E-state index in [-0.39, 0.29) is 5.97 Å². The lowest BCUT2D eigenvalue weighted by Crippen LogP contribution is -2.14. The first-order chi connectivity index (χ1) is 18.4. The van der Waals surface area contributed by atoms with Crippen LogP contribution in [0.2, 0.25) is 0 Å². The minimum atomic E-state index is -0.292. The first-order valence-electron chi connectivity index (χ1n) is 14.7. The molecule has 4 heteroatoms. The maximum atomic E-state index is 12.7. The van der Waals surface area contributed by atoms with Gasteiger partial charge in [0.05, 0.1) is 18.2 Å². The van der Waals surface area contributed by atoms with Crippen molar-refractivity contribution >= 4 is 12.2 Å². The van der Waals surface area contributed by atoms with Gasteiger partial charge in [-0.25, -0.2) is 4.79 Å². The molecule has 0 radical (unpaired) electrons. The number of ether oxygens (including phenoxy) is 1. The van der Waals surface area contributed by atoms with Crippen molar-refractivity contribution in [1.82, 2.24) is 0 Å². The molecule has 0 heterocycles. The highest BCUT2D eigenvalue weighted by Crippen LogP contribution is 2.30. The molecule has 1 saturated carbocycles. The van der Waals surface area contributed by atoms with Gasteiger partial charge in [-0.3, -0.25) is 4.99 Å². The molecule has 1 fully saturated rings. The molecule has 0 aromatic carbocycles. The number of rotatable bonds is 13. The zero-order chi connectivity index (χ0) is 29.2. The third kappa shape index (κ3) is 16.2. The number of carbonyl (C=O) groups is 1. The second kappa shape index (κ2) is 26.0. The zero-order valence-electron chi connectivity index (χ0n) is 26.0. The summed E-state index contributed by atoms with van der Waals surface area (Å²) in [6.45, 7) is 16.3. The monoisotopic (exact) mass is 524 g/mol. The Kier molecular flexibility index (Phi) is 25.6. The topological polar surface area (TPSA) is 62.4 Å². The molecule has 1 aliphatic carbocycles. The largest absolute Gasteiger partial charge is 0.462 e. The van der Waals surface area contributed by atoms with E-state index < -0.39 is 0 Å². The van der Waals surface area contributed by atoms with Gasteiger partial charge in [0.25, 0.3) is 0 Å². The van der Waals surface area contributed by atoms with E-state index in [0.29, 0.717) is 12.2 Å². The van der Waals surface area contributed by atoms with Gasteiger partial charge in [-0.05, 0) is 62.7 Å². The molecule has 0 atom stereocenters. The summed E-state index contributed by atoms with van der Waals surface area (Å²) in [6.07, 6.45) is 25.1. The highest BCUT2D eigenvalue weighted by Gasteiger charge is 2.21. The highest BCUT2D eigenvalue weighted by atomic mass is 16.5. The maximum absolute atomic E-state index is 12.7. The molecule has 0 bridgehead atoms. The zero-order valence-corrected chi connectivity index (χ0v) is 26.0. The number of hydrogen-bond donors (Lipinski definition) is 0. The van der Waals surface area contributed by atoms with Gasteiger partial charge in [0.1, 0.15) is 0 Å². The van der Waals surface area contributed by atoms with E-state index in [4.69, 9.17) is 10.00 Å². The van der Waals surface area contributed by atoms with Crippen LogP contribution in [0.25, 0.3) is 0 Å². The number of aliphatic imine (C=N–C) groups is 1. The second-order valence-electron chi connectivity index (χ2n) is 9.38. The molecule has 1 aliphatic rings. The molecule has 0 saturated heterocycles. The fourth-order valence-electron chi connectivity index (χ4n) is 4.37. The molecule has 0 amide bonds. The normalized spacial score (nSPS) is 15.4. The Balaban J connectivity index is 0. The summed E-state index contributed by atoms with van der Waals surface area (Å²) < 4.78 is 5.44. The quantitative estimate of drug-likeness (QED) is 0.104. The summed E-state index contributed by atoms with van der Waals surface area (Å²) in [4.78, 5) is 16.9. The molecule has 0 aromatic heterocycles. The predicted molar refractivity (Wildman–Crippen MR) is 166 cm³/mol. The van der Waals surface area contributed by atoms with E-state index in [2.05, 4.69) is 50.9 Å². The van der Waals surface area contributed by atoms with Crippen LogP contribution in [0, 0.1) is 17.2 Å². The predicted octanol–water partition coefficient (Wildman–Crippen LogP) is 10.0. The van der Waals surface area contributed by atoms with Gasteiger partial charge in [-0.2, -0.15) is 5.26 Å². The minimum absolute atomic E-state index is 0.292. The molecular formula is C34H56N2O2. The van der Waals surface area contributed by atoms with E-state index in [1.54, 1.807) is 19.3 Å². The molecule has 0 unspecified atom stereocenters. The van der Waals surface area contributed by atoms with Gasteiger partial charge in [-0.15, -0.1) is 0 Å². The molecule has 0 aromatic rings. The van der Waals surface area contributed by atoms with Crippen LogP contribution in [0.1, 0.15) is 120 Å². The molecule has 214 valence electrons. The molecule has 4 nitrogen and oxygen atoms in total. The third-order valence-corrected chi connectivity index (χ3v) is 6.25. The van der Waals surface area contributed by atoms with Crippen molar-refractivity contribution in [2.45, 2.75) is 120 Å². The molecule has 1 rings (SSSR count). The third-order valence-electron chi connectivity index (χ3n) is 6.25. The van der Waals surface area contributed by atoms with Crippen molar-refractivity contribution in [2.75, 3.05) is 13.7 Å². The van der Waals surface area contributed by atoms with E-state index in [1.807, 2.05) is 32.9 Å². The number of hydrogen-bond acceptors (Lipinski definition) is 4. The average Bonchev–Trinajstić information content (AvgIpc) is 3.44. The van der Waals surface area contributed by atoms with Gasteiger partial charge in [0.15, 0.2) is 0 Å². The lowest BCUT2D eigenvalue weighted by Gasteiger charge is -2.17. The Bertz CT molecular complexity index is 857. The van der Waals surface area contributed by atoms with Crippen LogP contribution in [-0.2, 0) is 9.53 Å². The van der Waals surface area contributed by atoms with Crippen molar-refractivity contribution in [3.8, 4) is 6.07 Å². The Hall–Kier alpha value is -2.67. The lowest BCUT2D eigenvalue weighted by molar-refractivity contribution is -0.138. The number of esters is 1. The second-order valence-corrected chi connectivity index (χ2v) is 9.38. The summed E-state index contributed by atoms with van der Waals surface area (Å²) in [5.41, 5.74) is 4.52. The summed E-state index contributed by atoms with van der Waals surface area (Å²) in [6, 6.07) is 1.75. The molecule has 0 aliphatic heterocycles. The summed E-state index contributed by atoms with van der Waals surface area (Å²) in [7, 11) is 1.74. The van der Waals surface area contributed by atoms with E-state index in [0.717, 1.165) is 47.5 Å². The van der Waals surface area contributed by atoms with Crippen LogP contribution in [0.3, 0.4) is 0 Å². The molecule has 0 N–H and O–H groups in total. The number of nitrogens with zero attached hydrogens (tertiary/aromatic N) is 2. The lowest BCUT2D eigenvalue weighted by atomic mass is 9.88. The van der Waals surface area contributed by atoms with Crippen LogP contribution >= 0.6 is 0 Å². The van der Waals surface area contributed by atoms with Crippen LogP contribution in [0.4, 0.5) is 0 Å². The standard InChI is InChI=1S/C23H35NO2.C9H18.C2H3N/c1-8-13-15-21(18(6)14-9-2)22(19(11-4)17-24-7)20(12-5)23(25)26-16-10-3;1-2-3-6-9-7-4-5-8-9;1-2-3/h11-15,17H,8-10,16H2,1-7H3;9H,2-8H2,1H3;1H3/b15-13-,18-14+,19-11+,20-12+,22-21-,24-17?;;. The fraction of sp³-hybridized carbons (Fsp3) is 0.618. The summed E-state index contributed by atoms with van der Waals surface area (Å²) >= 11 is 0. The van der Waals surface area contributed by atoms with Gasteiger partial charge in [0.2, 0.25) is 0 Å². The number of unbranched alkanes of at least 4 members (excludes halogenated alkanes) is 1. The summed E-state index contributed by atoms with van der Waals surface area (Å²) in [5.74, 6) is 0.824. The Morgan fingerprint density at radius 3 is 2.13 bits per heavy atom. The van der Waals surface area contributed by atoms with Crippen molar-refractivity contribution in [2.24, 2.45) is 10.9 Å². The van der Waals surface area contributed by atoms with Gasteiger partial charge in [-0.1, -0.05) is 103 Å². The molecule has 0 spiro atoms. The number of nitriles is 1. The van der Waals surface area contributed by atoms with Crippen LogP contribution in [-0.4, -0.2) is 25.8 Å². The van der Waals surface area contributed by atoms with Crippen molar-refractivity contribution in [1.29, 1.82) is 5.26 Å². The first-order valence-corrected chi connectivity index (χ1v) is 14.7. The summed E-state index contributed by atoms with van der Waals surface area (Å²) in [5, 5.41) is 7.32. The van der Waals surface area contributed by atoms with Crippen LogP contribution < -0.4 is 0 Å². The smallest absolute Gasteiger partial charge is 0.338 e. The minimum Gasteiger partial charge on any atom is -0.462 e. The maximum Gasteiger partial charge on any atom is 0.338 e. The number of carbonyl (C=O) groups excluding carboxylic acids is 1. The highest BCUT2D eigenvalue weighted by molar-refractivity contribution is 6.01. The average molecular weight is 525 g/mol.